The Morgan fingerprint density at radius 3 is 2.02 bits per heavy atom. The molecule has 0 radical (unpaired) electrons. The summed E-state index contributed by atoms with van der Waals surface area (Å²) in [6.45, 7) is 1.17. The number of carboxylic acid groups (broad SMARTS) is 3. The van der Waals surface area contributed by atoms with Gasteiger partial charge in [0.15, 0.2) is 0 Å². The molecule has 0 aliphatic heterocycles. The van der Waals surface area contributed by atoms with E-state index in [1.807, 2.05) is 49.5 Å². The summed E-state index contributed by atoms with van der Waals surface area (Å²) in [6, 6.07) is 9.13. The standard InChI is InChI=1S/C35H49N5O9/c1-36-21-23-11-9-22(10-12-23)20-30(41)38-29(19-24-13-14-25-6-2-3-7-26(25)18-24)32(44)37-17-5-4-8-27(33(45)46)39-35(49)40-28(34(47)48)15-16-31(42)43/h2-3,6-7,13-14,18,22-23,27-29,36H,4-5,8-12,15-17,19-21H2,1H3,(H,37,44)(H,38,41)(H,42,43)(H,45,46)(H,47,48)(H2,39,40,49)/t22?,23?,27-,28-,29?/m0/s1. The predicted molar refractivity (Wildman–Crippen MR) is 182 cm³/mol. The molecule has 0 heterocycles. The maximum atomic E-state index is 13.4. The number of amides is 4. The second kappa shape index (κ2) is 19.9. The summed E-state index contributed by atoms with van der Waals surface area (Å²) >= 11 is 0. The molecule has 3 rings (SSSR count). The minimum absolute atomic E-state index is 0.000688. The third kappa shape index (κ3) is 13.7. The first-order chi connectivity index (χ1) is 23.4. The lowest BCUT2D eigenvalue weighted by atomic mass is 9.80. The maximum Gasteiger partial charge on any atom is 0.326 e. The van der Waals surface area contributed by atoms with Crippen molar-refractivity contribution in [1.82, 2.24) is 26.6 Å². The van der Waals surface area contributed by atoms with Crippen molar-refractivity contribution in [2.24, 2.45) is 11.8 Å². The van der Waals surface area contributed by atoms with Crippen LogP contribution in [0.3, 0.4) is 0 Å². The molecule has 0 spiro atoms. The number of nitrogens with one attached hydrogen (secondary N) is 5. The van der Waals surface area contributed by atoms with Crippen LogP contribution < -0.4 is 26.6 Å². The molecule has 8 N–H and O–H groups in total. The van der Waals surface area contributed by atoms with E-state index in [4.69, 9.17) is 5.11 Å². The first-order valence-electron chi connectivity index (χ1n) is 16.9. The van der Waals surface area contributed by atoms with Crippen LogP contribution in [0.1, 0.15) is 69.8 Å². The van der Waals surface area contributed by atoms with Crippen LogP contribution in [0.15, 0.2) is 42.5 Å². The van der Waals surface area contributed by atoms with Gasteiger partial charge in [-0.05, 0) is 93.1 Å². The van der Waals surface area contributed by atoms with Gasteiger partial charge in [0.1, 0.15) is 18.1 Å². The Labute approximate surface area is 285 Å². The maximum absolute atomic E-state index is 13.4. The van der Waals surface area contributed by atoms with E-state index in [9.17, 15) is 39.0 Å². The number of unbranched alkanes of at least 4 members (excludes halogenated alkanes) is 1. The summed E-state index contributed by atoms with van der Waals surface area (Å²) in [5.41, 5.74) is 0.897. The Morgan fingerprint density at radius 1 is 0.755 bits per heavy atom. The van der Waals surface area contributed by atoms with Gasteiger partial charge in [-0.3, -0.25) is 14.4 Å². The first kappa shape index (κ1) is 38.7. The molecule has 3 atom stereocenters. The lowest BCUT2D eigenvalue weighted by Crippen LogP contribution is -2.51. The predicted octanol–water partition coefficient (Wildman–Crippen LogP) is 2.64. The van der Waals surface area contributed by atoms with Crippen LogP contribution >= 0.6 is 0 Å². The topological polar surface area (TPSA) is 223 Å². The zero-order valence-corrected chi connectivity index (χ0v) is 27.9. The lowest BCUT2D eigenvalue weighted by molar-refractivity contribution is -0.141. The van der Waals surface area contributed by atoms with Gasteiger partial charge in [-0.25, -0.2) is 14.4 Å². The van der Waals surface area contributed by atoms with Gasteiger partial charge in [0, 0.05) is 25.8 Å². The van der Waals surface area contributed by atoms with Crippen molar-refractivity contribution in [2.75, 3.05) is 20.1 Å². The number of fused-ring (bicyclic) bond motifs is 1. The quantitative estimate of drug-likeness (QED) is 0.0953. The van der Waals surface area contributed by atoms with E-state index in [1.165, 1.54) is 0 Å². The molecule has 1 unspecified atom stereocenters. The highest BCUT2D eigenvalue weighted by atomic mass is 16.4. The van der Waals surface area contributed by atoms with Crippen LogP contribution in [0, 0.1) is 11.8 Å². The highest BCUT2D eigenvalue weighted by molar-refractivity contribution is 5.89. The Balaban J connectivity index is 1.53. The highest BCUT2D eigenvalue weighted by Crippen LogP contribution is 2.30. The smallest absolute Gasteiger partial charge is 0.326 e. The summed E-state index contributed by atoms with van der Waals surface area (Å²) < 4.78 is 0. The fraction of sp³-hybridized carbons (Fsp3) is 0.543. The van der Waals surface area contributed by atoms with E-state index in [-0.39, 0.29) is 37.1 Å². The van der Waals surface area contributed by atoms with E-state index >= 15 is 0 Å². The van der Waals surface area contributed by atoms with E-state index in [0.717, 1.165) is 48.6 Å². The molecule has 0 saturated heterocycles. The SMILES string of the molecule is CNCC1CCC(CC(=O)NC(Cc2ccc3ccccc3c2)C(=O)NCCCC[C@H](NC(=O)N[C@@H](CCC(=O)O)C(=O)O)C(=O)O)CC1. The van der Waals surface area contributed by atoms with Gasteiger partial charge in [0.2, 0.25) is 11.8 Å². The Morgan fingerprint density at radius 2 is 1.39 bits per heavy atom. The average Bonchev–Trinajstić information content (AvgIpc) is 3.06. The summed E-state index contributed by atoms with van der Waals surface area (Å²) in [4.78, 5) is 72.6. The van der Waals surface area contributed by atoms with Gasteiger partial charge >= 0.3 is 23.9 Å². The molecule has 1 aliphatic carbocycles. The third-order valence-corrected chi connectivity index (χ3v) is 8.91. The number of hydrogen-bond acceptors (Lipinski definition) is 7. The fourth-order valence-corrected chi connectivity index (χ4v) is 6.20. The summed E-state index contributed by atoms with van der Waals surface area (Å²) in [5.74, 6) is -3.63. The summed E-state index contributed by atoms with van der Waals surface area (Å²) in [5, 5.41) is 43.0. The van der Waals surface area contributed by atoms with Crippen LogP contribution in [-0.2, 0) is 30.4 Å². The molecule has 1 saturated carbocycles. The molecule has 14 nitrogen and oxygen atoms in total. The summed E-state index contributed by atoms with van der Waals surface area (Å²) in [6.07, 6.45) is 4.56. The van der Waals surface area contributed by atoms with Gasteiger partial charge < -0.3 is 41.9 Å². The molecule has 2 aromatic carbocycles. The molecular weight excluding hydrogens is 634 g/mol. The van der Waals surface area contributed by atoms with Gasteiger partial charge in [-0.1, -0.05) is 42.5 Å². The van der Waals surface area contributed by atoms with Gasteiger partial charge in [0.25, 0.3) is 0 Å². The zero-order valence-electron chi connectivity index (χ0n) is 27.9. The van der Waals surface area contributed by atoms with Crippen molar-refractivity contribution in [2.45, 2.75) is 88.8 Å². The number of hydrogen-bond donors (Lipinski definition) is 8. The van der Waals surface area contributed by atoms with Crippen LogP contribution in [-0.4, -0.2) is 89.3 Å². The second-order valence-electron chi connectivity index (χ2n) is 12.8. The summed E-state index contributed by atoms with van der Waals surface area (Å²) in [7, 11) is 1.95. The van der Waals surface area contributed by atoms with Crippen molar-refractivity contribution < 1.29 is 44.1 Å². The minimum atomic E-state index is -1.50. The molecule has 268 valence electrons. The average molecular weight is 684 g/mol. The molecule has 0 bridgehead atoms. The van der Waals surface area contributed by atoms with Crippen LogP contribution in [0.2, 0.25) is 0 Å². The van der Waals surface area contributed by atoms with Gasteiger partial charge in [0.05, 0.1) is 0 Å². The number of benzene rings is 2. The van der Waals surface area contributed by atoms with E-state index in [1.54, 1.807) is 0 Å². The Hall–Kier alpha value is -4.72. The van der Waals surface area contributed by atoms with Crippen molar-refractivity contribution in [3.05, 3.63) is 48.0 Å². The monoisotopic (exact) mass is 683 g/mol. The van der Waals surface area contributed by atoms with Crippen molar-refractivity contribution in [3.63, 3.8) is 0 Å². The van der Waals surface area contributed by atoms with Gasteiger partial charge in [-0.2, -0.15) is 0 Å². The van der Waals surface area contributed by atoms with E-state index < -0.39 is 48.5 Å². The number of carboxylic acids is 3. The zero-order chi connectivity index (χ0) is 35.8. The minimum Gasteiger partial charge on any atom is -0.481 e. The third-order valence-electron chi connectivity index (χ3n) is 8.91. The Kier molecular flexibility index (Phi) is 15.8. The molecular formula is C35H49N5O9. The molecule has 2 aromatic rings. The molecule has 14 heteroatoms. The largest absolute Gasteiger partial charge is 0.481 e. The molecule has 4 amide bonds. The number of carbonyl (C=O) groups is 6. The van der Waals surface area contributed by atoms with Crippen LogP contribution in [0.25, 0.3) is 10.8 Å². The lowest BCUT2D eigenvalue weighted by Gasteiger charge is -2.28. The molecule has 1 aliphatic rings. The van der Waals surface area contributed by atoms with Gasteiger partial charge in [-0.15, -0.1) is 0 Å². The van der Waals surface area contributed by atoms with E-state index in [0.29, 0.717) is 31.6 Å². The Bertz CT molecular complexity index is 1440. The highest BCUT2D eigenvalue weighted by Gasteiger charge is 2.27. The van der Waals surface area contributed by atoms with Crippen molar-refractivity contribution in [1.29, 1.82) is 0 Å². The number of carbonyl (C=O) groups excluding carboxylic acids is 3. The number of aliphatic carboxylic acids is 3. The number of rotatable bonds is 20. The van der Waals surface area contributed by atoms with E-state index in [2.05, 4.69) is 26.6 Å². The second-order valence-corrected chi connectivity index (χ2v) is 12.8. The number of urea groups is 1. The first-order valence-corrected chi connectivity index (χ1v) is 16.9. The normalized spacial score (nSPS) is 17.7. The van der Waals surface area contributed by atoms with Crippen LogP contribution in [0.5, 0.6) is 0 Å². The molecule has 0 aromatic heterocycles. The molecule has 1 fully saturated rings. The molecule has 49 heavy (non-hydrogen) atoms. The fourth-order valence-electron chi connectivity index (χ4n) is 6.20. The van der Waals surface area contributed by atoms with Crippen molar-refractivity contribution in [3.8, 4) is 0 Å². The van der Waals surface area contributed by atoms with Crippen molar-refractivity contribution >= 4 is 46.5 Å². The van der Waals surface area contributed by atoms with Crippen LogP contribution in [0.4, 0.5) is 4.79 Å².